The van der Waals surface area contributed by atoms with Crippen LogP contribution in [-0.4, -0.2) is 9.66 Å². The van der Waals surface area contributed by atoms with Gasteiger partial charge in [-0.05, 0) is 76.3 Å². The van der Waals surface area contributed by atoms with E-state index in [-0.39, 0.29) is 0 Å². The predicted molar refractivity (Wildman–Crippen MR) is 219 cm³/mol. The van der Waals surface area contributed by atoms with Gasteiger partial charge in [0.2, 0.25) is 0 Å². The number of hydrogen-bond donors (Lipinski definition) is 0. The van der Waals surface area contributed by atoms with Crippen LogP contribution in [0.25, 0.3) is 72.7 Å². The molecule has 0 aliphatic carbocycles. The van der Waals surface area contributed by atoms with Crippen molar-refractivity contribution in [3.63, 3.8) is 0 Å². The highest BCUT2D eigenvalue weighted by molar-refractivity contribution is 6.09. The maximum atomic E-state index is 5.11. The van der Waals surface area contributed by atoms with Crippen LogP contribution in [0.2, 0.25) is 0 Å². The molecule has 0 saturated heterocycles. The lowest BCUT2D eigenvalue weighted by Gasteiger charge is -2.30. The number of rotatable bonds is 8. The molecule has 9 aromatic rings. The second-order valence-electron chi connectivity index (χ2n) is 12.9. The summed E-state index contributed by atoms with van der Waals surface area (Å²) in [4.78, 5) is 5.11. The second kappa shape index (κ2) is 13.4. The van der Waals surface area contributed by atoms with Crippen LogP contribution in [0, 0.1) is 0 Å². The Morgan fingerprint density at radius 3 is 1.52 bits per heavy atom. The van der Waals surface area contributed by atoms with E-state index in [9.17, 15) is 0 Å². The van der Waals surface area contributed by atoms with Crippen LogP contribution in [0.15, 0.2) is 201 Å². The van der Waals surface area contributed by atoms with Gasteiger partial charge in [0.1, 0.15) is 0 Å². The topological polar surface area (TPSA) is 21.1 Å². The summed E-state index contributed by atoms with van der Waals surface area (Å²) in [6.45, 7) is 4.19. The fraction of sp³-hybridized carbons (Fsp3) is 0. The first kappa shape index (κ1) is 31.0. The molecule has 0 aliphatic heterocycles. The first-order valence-electron chi connectivity index (χ1n) is 17.6. The lowest BCUT2D eigenvalue weighted by atomic mass is 9.96. The summed E-state index contributed by atoms with van der Waals surface area (Å²) in [5, 5.41) is 4.76. The van der Waals surface area contributed by atoms with Crippen molar-refractivity contribution < 1.29 is 0 Å². The molecule has 0 saturated carbocycles. The Kier molecular flexibility index (Phi) is 7.99. The first-order chi connectivity index (χ1) is 25.7. The number of nitrogens with zero attached hydrogens (tertiary/aromatic N) is 3. The highest BCUT2D eigenvalue weighted by Gasteiger charge is 2.21. The Balaban J connectivity index is 1.20. The highest BCUT2D eigenvalue weighted by atomic mass is 15.6. The molecule has 0 unspecified atom stereocenters. The average molecular weight is 666 g/mol. The highest BCUT2D eigenvalue weighted by Crippen LogP contribution is 2.39. The van der Waals surface area contributed by atoms with E-state index >= 15 is 0 Å². The van der Waals surface area contributed by atoms with Crippen molar-refractivity contribution in [2.24, 2.45) is 0 Å². The Labute approximate surface area is 304 Å². The van der Waals surface area contributed by atoms with E-state index in [2.05, 4.69) is 198 Å². The standard InChI is InChI=1S/C49H35N3/c1-2-35-17-9-12-28-47(35)51(52-48-29-13-10-26-43(48)44-27-11-14-30-49(44)52)42-25-16-24-40(32-42)38-22-15-23-39(31-38)41-33-45(36-18-5-3-6-19-36)50-46(34-41)37-20-7-4-8-21-37/h2-34H,1H2. The van der Waals surface area contributed by atoms with E-state index in [0.29, 0.717) is 0 Å². The predicted octanol–water partition coefficient (Wildman–Crippen LogP) is 13.1. The van der Waals surface area contributed by atoms with Gasteiger partial charge in [-0.15, -0.1) is 0 Å². The molecule has 3 nitrogen and oxygen atoms in total. The fourth-order valence-electron chi connectivity index (χ4n) is 7.24. The normalized spacial score (nSPS) is 11.2. The summed E-state index contributed by atoms with van der Waals surface area (Å²) < 4.78 is 2.34. The largest absolute Gasteiger partial charge is 0.248 e. The van der Waals surface area contributed by atoms with Gasteiger partial charge in [-0.2, -0.15) is 0 Å². The minimum absolute atomic E-state index is 0.951. The van der Waals surface area contributed by atoms with Gasteiger partial charge in [0.05, 0.1) is 33.8 Å². The molecule has 3 heteroatoms. The monoisotopic (exact) mass is 665 g/mol. The summed E-state index contributed by atoms with van der Waals surface area (Å²) >= 11 is 0. The van der Waals surface area contributed by atoms with E-state index in [0.717, 1.165) is 72.7 Å². The molecule has 0 spiro atoms. The van der Waals surface area contributed by atoms with Crippen molar-refractivity contribution in [1.29, 1.82) is 0 Å². The van der Waals surface area contributed by atoms with Crippen molar-refractivity contribution in [3.05, 3.63) is 206 Å². The minimum Gasteiger partial charge on any atom is -0.248 e. The Bertz CT molecular complexity index is 2600. The maximum Gasteiger partial charge on any atom is 0.0716 e. The second-order valence-corrected chi connectivity index (χ2v) is 12.9. The molecule has 0 atom stereocenters. The van der Waals surface area contributed by atoms with Gasteiger partial charge in [0.25, 0.3) is 0 Å². The van der Waals surface area contributed by atoms with Crippen LogP contribution in [0.5, 0.6) is 0 Å². The number of hydrogen-bond acceptors (Lipinski definition) is 2. The van der Waals surface area contributed by atoms with E-state index in [1.165, 1.54) is 10.8 Å². The lowest BCUT2D eigenvalue weighted by Crippen LogP contribution is -2.24. The fourth-order valence-corrected chi connectivity index (χ4v) is 7.24. The molecule has 7 aromatic carbocycles. The molecule has 0 radical (unpaired) electrons. The van der Waals surface area contributed by atoms with Crippen molar-refractivity contribution in [2.45, 2.75) is 0 Å². The van der Waals surface area contributed by atoms with Crippen molar-refractivity contribution in [3.8, 4) is 44.8 Å². The van der Waals surface area contributed by atoms with Gasteiger partial charge in [0, 0.05) is 21.9 Å². The zero-order valence-corrected chi connectivity index (χ0v) is 28.6. The minimum atomic E-state index is 0.951. The van der Waals surface area contributed by atoms with Crippen LogP contribution in [0.3, 0.4) is 0 Å². The third kappa shape index (κ3) is 5.65. The summed E-state index contributed by atoms with van der Waals surface area (Å²) in [6.07, 6.45) is 1.94. The lowest BCUT2D eigenvalue weighted by molar-refractivity contribution is 0.885. The van der Waals surface area contributed by atoms with Crippen LogP contribution in [0.1, 0.15) is 5.56 Å². The summed E-state index contributed by atoms with van der Waals surface area (Å²) in [5.74, 6) is 0. The van der Waals surface area contributed by atoms with Crippen molar-refractivity contribution in [1.82, 2.24) is 9.66 Å². The number of benzene rings is 7. The third-order valence-electron chi connectivity index (χ3n) is 9.72. The zero-order chi connectivity index (χ0) is 34.9. The Morgan fingerprint density at radius 2 is 0.904 bits per heavy atom. The van der Waals surface area contributed by atoms with Gasteiger partial charge >= 0.3 is 0 Å². The van der Waals surface area contributed by atoms with Crippen LogP contribution >= 0.6 is 0 Å². The molecule has 0 bridgehead atoms. The van der Waals surface area contributed by atoms with E-state index in [4.69, 9.17) is 4.98 Å². The summed E-state index contributed by atoms with van der Waals surface area (Å²) in [7, 11) is 0. The van der Waals surface area contributed by atoms with Crippen LogP contribution in [0.4, 0.5) is 11.4 Å². The molecule has 0 aliphatic rings. The van der Waals surface area contributed by atoms with Gasteiger partial charge in [-0.3, -0.25) is 0 Å². The third-order valence-corrected chi connectivity index (χ3v) is 9.72. The summed E-state index contributed by atoms with van der Waals surface area (Å²) in [6, 6.07) is 68.6. The molecule has 52 heavy (non-hydrogen) atoms. The van der Waals surface area contributed by atoms with Crippen molar-refractivity contribution >= 4 is 39.3 Å². The molecule has 0 fully saturated rings. The van der Waals surface area contributed by atoms with Gasteiger partial charge in [-0.25, -0.2) is 14.7 Å². The number of anilines is 2. The van der Waals surface area contributed by atoms with E-state index in [1.54, 1.807) is 0 Å². The quantitative estimate of drug-likeness (QED) is 0.161. The molecule has 2 aromatic heterocycles. The molecule has 9 rings (SSSR count). The number of fused-ring (bicyclic) bond motifs is 3. The SMILES string of the molecule is C=Cc1ccccc1N(c1cccc(-c2cccc(-c3cc(-c4ccccc4)nc(-c4ccccc4)c3)c2)c1)n1c2ccccc2c2ccccc21. The van der Waals surface area contributed by atoms with E-state index < -0.39 is 0 Å². The number of pyridine rings is 1. The Morgan fingerprint density at radius 1 is 0.423 bits per heavy atom. The smallest absolute Gasteiger partial charge is 0.0716 e. The van der Waals surface area contributed by atoms with Gasteiger partial charge in [-0.1, -0.05) is 158 Å². The first-order valence-corrected chi connectivity index (χ1v) is 17.6. The summed E-state index contributed by atoms with van der Waals surface area (Å²) in [5.41, 5.74) is 14.0. The van der Waals surface area contributed by atoms with Gasteiger partial charge < -0.3 is 0 Å². The Hall–Kier alpha value is -6.97. The molecular weight excluding hydrogens is 631 g/mol. The zero-order valence-electron chi connectivity index (χ0n) is 28.6. The van der Waals surface area contributed by atoms with Crippen LogP contribution < -0.4 is 5.01 Å². The molecule has 0 N–H and O–H groups in total. The van der Waals surface area contributed by atoms with E-state index in [1.807, 2.05) is 18.2 Å². The molecular formula is C49H35N3. The van der Waals surface area contributed by atoms with Crippen molar-refractivity contribution in [2.75, 3.05) is 5.01 Å². The molecule has 246 valence electrons. The molecule has 0 amide bonds. The van der Waals surface area contributed by atoms with Crippen LogP contribution in [-0.2, 0) is 0 Å². The number of aromatic nitrogens is 2. The molecule has 2 heterocycles. The number of para-hydroxylation sites is 3. The maximum absolute atomic E-state index is 5.11. The average Bonchev–Trinajstić information content (AvgIpc) is 3.56. The van der Waals surface area contributed by atoms with Gasteiger partial charge in [0.15, 0.2) is 0 Å².